The number of furan rings is 1. The Bertz CT molecular complexity index is 1620. The lowest BCUT2D eigenvalue weighted by molar-refractivity contribution is 0.557. The summed E-state index contributed by atoms with van der Waals surface area (Å²) in [6, 6.07) is 45.4. The van der Waals surface area contributed by atoms with Gasteiger partial charge >= 0.3 is 0 Å². The number of rotatable bonds is 5. The van der Waals surface area contributed by atoms with Crippen LogP contribution < -0.4 is 0 Å². The molecule has 0 saturated carbocycles. The van der Waals surface area contributed by atoms with E-state index < -0.39 is 0 Å². The van der Waals surface area contributed by atoms with E-state index in [1.54, 1.807) is 0 Å². The quantitative estimate of drug-likeness (QED) is 0.240. The van der Waals surface area contributed by atoms with Crippen LogP contribution >= 0.6 is 0 Å². The molecule has 6 aromatic rings. The van der Waals surface area contributed by atoms with Crippen LogP contribution in [0, 0.1) is 6.92 Å². The molecule has 0 aliphatic rings. The van der Waals surface area contributed by atoms with Crippen LogP contribution in [-0.4, -0.2) is 0 Å². The Morgan fingerprint density at radius 1 is 0.514 bits per heavy atom. The van der Waals surface area contributed by atoms with Crippen molar-refractivity contribution in [1.82, 2.24) is 0 Å². The fourth-order valence-corrected chi connectivity index (χ4v) is 5.43. The van der Waals surface area contributed by atoms with Crippen LogP contribution in [0.5, 0.6) is 0 Å². The van der Waals surface area contributed by atoms with Gasteiger partial charge in [0.1, 0.15) is 11.3 Å². The van der Waals surface area contributed by atoms with Gasteiger partial charge in [-0.2, -0.15) is 0 Å². The molecule has 1 nitrogen and oxygen atoms in total. The molecule has 1 heterocycles. The maximum Gasteiger partial charge on any atom is 0.138 e. The molecule has 0 bridgehead atoms. The van der Waals surface area contributed by atoms with Crippen LogP contribution in [0.4, 0.5) is 0 Å². The van der Waals surface area contributed by atoms with Crippen molar-refractivity contribution in [3.63, 3.8) is 0 Å². The number of aryl methyl sites for hydroxylation is 1. The second-order valence-electron chi connectivity index (χ2n) is 10.2. The van der Waals surface area contributed by atoms with Gasteiger partial charge in [0.05, 0.1) is 0 Å². The van der Waals surface area contributed by atoms with E-state index in [0.29, 0.717) is 0 Å². The largest absolute Gasteiger partial charge is 0.460 e. The second-order valence-corrected chi connectivity index (χ2v) is 10.2. The Morgan fingerprint density at radius 2 is 1.03 bits per heavy atom. The Kier molecular flexibility index (Phi) is 5.77. The predicted molar refractivity (Wildman–Crippen MR) is 156 cm³/mol. The second kappa shape index (κ2) is 9.26. The zero-order valence-corrected chi connectivity index (χ0v) is 21.5. The van der Waals surface area contributed by atoms with Gasteiger partial charge in [0.15, 0.2) is 0 Å². The minimum absolute atomic E-state index is 0.286. The molecule has 37 heavy (non-hydrogen) atoms. The summed E-state index contributed by atoms with van der Waals surface area (Å²) in [5, 5.41) is 1.16. The molecule has 0 radical (unpaired) electrons. The summed E-state index contributed by atoms with van der Waals surface area (Å²) in [4.78, 5) is 0. The SMILES string of the molecule is Cc1oc2c(C(C)(C)c3cc(-c4ccccc4)cc(-c4ccccc4)c3)cccc2c1-c1ccccc1. The molecule has 0 amide bonds. The van der Waals surface area contributed by atoms with Crippen molar-refractivity contribution < 1.29 is 4.42 Å². The van der Waals surface area contributed by atoms with E-state index in [1.165, 1.54) is 44.5 Å². The number of hydrogen-bond acceptors (Lipinski definition) is 1. The third-order valence-electron chi connectivity index (χ3n) is 7.50. The van der Waals surface area contributed by atoms with Gasteiger partial charge in [-0.3, -0.25) is 0 Å². The summed E-state index contributed by atoms with van der Waals surface area (Å²) in [6.45, 7) is 6.68. The maximum atomic E-state index is 6.52. The van der Waals surface area contributed by atoms with Gasteiger partial charge in [-0.1, -0.05) is 135 Å². The first kappa shape index (κ1) is 23.1. The Labute approximate surface area is 219 Å². The Hall–Kier alpha value is -4.36. The van der Waals surface area contributed by atoms with Gasteiger partial charge < -0.3 is 4.42 Å². The predicted octanol–water partition coefficient (Wildman–Crippen LogP) is 10.1. The van der Waals surface area contributed by atoms with Crippen molar-refractivity contribution >= 4 is 11.0 Å². The Balaban J connectivity index is 1.56. The molecule has 0 saturated heterocycles. The highest BCUT2D eigenvalue weighted by atomic mass is 16.3. The highest BCUT2D eigenvalue weighted by Gasteiger charge is 2.29. The van der Waals surface area contributed by atoms with Gasteiger partial charge in [0.2, 0.25) is 0 Å². The van der Waals surface area contributed by atoms with Crippen molar-refractivity contribution in [3.8, 4) is 33.4 Å². The van der Waals surface area contributed by atoms with Crippen molar-refractivity contribution in [3.05, 3.63) is 144 Å². The van der Waals surface area contributed by atoms with Gasteiger partial charge in [-0.25, -0.2) is 0 Å². The first-order valence-corrected chi connectivity index (χ1v) is 12.9. The summed E-state index contributed by atoms with van der Waals surface area (Å²) in [5.41, 5.74) is 10.4. The highest BCUT2D eigenvalue weighted by Crippen LogP contribution is 2.43. The summed E-state index contributed by atoms with van der Waals surface area (Å²) in [7, 11) is 0. The lowest BCUT2D eigenvalue weighted by Gasteiger charge is -2.28. The van der Waals surface area contributed by atoms with Gasteiger partial charge in [0, 0.05) is 21.9 Å². The molecule has 0 spiro atoms. The summed E-state index contributed by atoms with van der Waals surface area (Å²) < 4.78 is 6.52. The van der Waals surface area contributed by atoms with E-state index in [4.69, 9.17) is 4.42 Å². The summed E-state index contributed by atoms with van der Waals surface area (Å²) >= 11 is 0. The normalized spacial score (nSPS) is 11.6. The molecule has 0 aliphatic heterocycles. The van der Waals surface area contributed by atoms with Crippen molar-refractivity contribution in [1.29, 1.82) is 0 Å². The van der Waals surface area contributed by atoms with E-state index in [9.17, 15) is 0 Å². The fourth-order valence-electron chi connectivity index (χ4n) is 5.43. The topological polar surface area (TPSA) is 13.1 Å². The van der Waals surface area contributed by atoms with Crippen molar-refractivity contribution in [2.24, 2.45) is 0 Å². The molecule has 0 atom stereocenters. The molecule has 1 aromatic heterocycles. The lowest BCUT2D eigenvalue weighted by atomic mass is 9.75. The standard InChI is InChI=1S/C36H30O/c1-25-34(28-18-11-6-12-19-28)32-20-13-21-33(35(32)37-25)36(2,3)31-23-29(26-14-7-4-8-15-26)22-30(24-31)27-16-9-5-10-17-27/h4-24H,1-3H3. The van der Waals surface area contributed by atoms with Crippen LogP contribution in [0.15, 0.2) is 132 Å². The van der Waals surface area contributed by atoms with E-state index in [-0.39, 0.29) is 5.41 Å². The first-order chi connectivity index (χ1) is 18.0. The minimum atomic E-state index is -0.286. The maximum absolute atomic E-state index is 6.52. The molecule has 0 aliphatic carbocycles. The minimum Gasteiger partial charge on any atom is -0.460 e. The summed E-state index contributed by atoms with van der Waals surface area (Å²) in [6.07, 6.45) is 0. The van der Waals surface area contributed by atoms with Crippen molar-refractivity contribution in [2.75, 3.05) is 0 Å². The van der Waals surface area contributed by atoms with Crippen LogP contribution in [0.3, 0.4) is 0 Å². The third kappa shape index (κ3) is 4.17. The van der Waals surface area contributed by atoms with Crippen LogP contribution in [0.1, 0.15) is 30.7 Å². The molecular formula is C36H30O. The molecule has 180 valence electrons. The van der Waals surface area contributed by atoms with E-state index in [1.807, 2.05) is 0 Å². The van der Waals surface area contributed by atoms with Crippen LogP contribution in [0.2, 0.25) is 0 Å². The molecule has 0 unspecified atom stereocenters. The van der Waals surface area contributed by atoms with E-state index in [0.717, 1.165) is 16.7 Å². The average Bonchev–Trinajstić information content (AvgIpc) is 3.30. The number of benzene rings is 5. The van der Waals surface area contributed by atoms with Crippen LogP contribution in [0.25, 0.3) is 44.3 Å². The molecule has 5 aromatic carbocycles. The number of hydrogen-bond donors (Lipinski definition) is 0. The molecule has 6 rings (SSSR count). The fraction of sp³-hybridized carbons (Fsp3) is 0.111. The van der Waals surface area contributed by atoms with Gasteiger partial charge in [-0.05, 0) is 46.4 Å². The molecule has 1 heteroatoms. The molecule has 0 N–H and O–H groups in total. The van der Waals surface area contributed by atoms with Crippen molar-refractivity contribution in [2.45, 2.75) is 26.2 Å². The highest BCUT2D eigenvalue weighted by molar-refractivity contribution is 5.97. The smallest absolute Gasteiger partial charge is 0.138 e. The number of para-hydroxylation sites is 1. The van der Waals surface area contributed by atoms with Crippen LogP contribution in [-0.2, 0) is 5.41 Å². The van der Waals surface area contributed by atoms with Gasteiger partial charge in [-0.15, -0.1) is 0 Å². The lowest BCUT2D eigenvalue weighted by Crippen LogP contribution is -2.19. The molecule has 0 fully saturated rings. The third-order valence-corrected chi connectivity index (χ3v) is 7.50. The van der Waals surface area contributed by atoms with E-state index in [2.05, 4.69) is 148 Å². The number of fused-ring (bicyclic) bond motifs is 1. The Morgan fingerprint density at radius 3 is 1.57 bits per heavy atom. The van der Waals surface area contributed by atoms with Gasteiger partial charge in [0.25, 0.3) is 0 Å². The molecular weight excluding hydrogens is 448 g/mol. The van der Waals surface area contributed by atoms with E-state index >= 15 is 0 Å². The average molecular weight is 479 g/mol. The summed E-state index contributed by atoms with van der Waals surface area (Å²) in [5.74, 6) is 0.951. The monoisotopic (exact) mass is 478 g/mol. The zero-order valence-electron chi connectivity index (χ0n) is 21.5. The zero-order chi connectivity index (χ0) is 25.4. The first-order valence-electron chi connectivity index (χ1n) is 12.9.